The van der Waals surface area contributed by atoms with Crippen molar-refractivity contribution in [3.63, 3.8) is 0 Å². The number of ketones is 1. The predicted molar refractivity (Wildman–Crippen MR) is 120 cm³/mol. The molecule has 1 amide bonds. The summed E-state index contributed by atoms with van der Waals surface area (Å²) >= 11 is 0. The Balaban J connectivity index is 1.94. The van der Waals surface area contributed by atoms with Crippen molar-refractivity contribution < 1.29 is 28.2 Å². The summed E-state index contributed by atoms with van der Waals surface area (Å²) in [5.74, 6) is -3.11. The maximum absolute atomic E-state index is 14.9. The lowest BCUT2D eigenvalue weighted by atomic mass is 9.94. The quantitative estimate of drug-likeness (QED) is 0.326. The molecule has 33 heavy (non-hydrogen) atoms. The average Bonchev–Trinajstić information content (AvgIpc) is 3.05. The number of anilines is 1. The van der Waals surface area contributed by atoms with Gasteiger partial charge in [-0.1, -0.05) is 24.3 Å². The van der Waals surface area contributed by atoms with E-state index in [2.05, 4.69) is 0 Å². The fraction of sp³-hybridized carbons (Fsp3) is 0.154. The van der Waals surface area contributed by atoms with Gasteiger partial charge >= 0.3 is 0 Å². The van der Waals surface area contributed by atoms with Crippen LogP contribution in [0, 0.1) is 18.6 Å². The minimum Gasteiger partial charge on any atom is -0.507 e. The molecule has 7 heteroatoms. The number of amides is 1. The standard InChI is InChI=1S/C26H21F2NO4/c1-3-33-21-12-11-16(13-15(21)2)24(30)22-23(19-9-4-5-10-20(19)28)29(26(32)25(22)31)18-8-6-7-17(27)14-18/h4-14,23,30H,3H2,1-2H3/b24-22+. The molecule has 3 aromatic carbocycles. The zero-order chi connectivity index (χ0) is 23.7. The Hall–Kier alpha value is -4.00. The summed E-state index contributed by atoms with van der Waals surface area (Å²) in [6, 6.07) is 14.3. The number of carbonyl (C=O) groups excluding carboxylic acids is 2. The van der Waals surface area contributed by atoms with Gasteiger partial charge in [-0.3, -0.25) is 14.5 Å². The lowest BCUT2D eigenvalue weighted by Crippen LogP contribution is -2.30. The highest BCUT2D eigenvalue weighted by molar-refractivity contribution is 6.51. The molecular weight excluding hydrogens is 428 g/mol. The van der Waals surface area contributed by atoms with Crippen LogP contribution in [0.2, 0.25) is 0 Å². The van der Waals surface area contributed by atoms with Gasteiger partial charge in [0, 0.05) is 16.8 Å². The van der Waals surface area contributed by atoms with E-state index in [1.54, 1.807) is 31.2 Å². The van der Waals surface area contributed by atoms with Crippen LogP contribution >= 0.6 is 0 Å². The zero-order valence-corrected chi connectivity index (χ0v) is 18.0. The molecule has 4 rings (SSSR count). The Kier molecular flexibility index (Phi) is 5.96. The van der Waals surface area contributed by atoms with E-state index in [9.17, 15) is 23.5 Å². The van der Waals surface area contributed by atoms with Gasteiger partial charge in [0.15, 0.2) is 0 Å². The van der Waals surface area contributed by atoms with Crippen LogP contribution in [0.4, 0.5) is 14.5 Å². The largest absolute Gasteiger partial charge is 0.507 e. The minimum atomic E-state index is -1.28. The number of aliphatic hydroxyl groups is 1. The number of hydrogen-bond donors (Lipinski definition) is 1. The summed E-state index contributed by atoms with van der Waals surface area (Å²) in [6.45, 7) is 4.08. The second-order valence-corrected chi connectivity index (χ2v) is 7.58. The fourth-order valence-electron chi connectivity index (χ4n) is 3.99. The number of nitrogens with zero attached hydrogens (tertiary/aromatic N) is 1. The minimum absolute atomic E-state index is 0.00479. The maximum atomic E-state index is 14.9. The number of rotatable bonds is 5. The van der Waals surface area contributed by atoms with E-state index in [-0.39, 0.29) is 22.4 Å². The number of hydrogen-bond acceptors (Lipinski definition) is 4. The van der Waals surface area contributed by atoms with Gasteiger partial charge in [-0.25, -0.2) is 8.78 Å². The number of aliphatic hydroxyl groups excluding tert-OH is 1. The van der Waals surface area contributed by atoms with Crippen LogP contribution in [0.1, 0.15) is 29.7 Å². The van der Waals surface area contributed by atoms with Crippen molar-refractivity contribution >= 4 is 23.1 Å². The highest BCUT2D eigenvalue weighted by atomic mass is 19.1. The first-order valence-electron chi connectivity index (χ1n) is 10.4. The van der Waals surface area contributed by atoms with Crippen LogP contribution in [0.3, 0.4) is 0 Å². The van der Waals surface area contributed by atoms with Crippen molar-refractivity contribution in [3.8, 4) is 5.75 Å². The first kappa shape index (κ1) is 22.2. The molecule has 1 atom stereocenters. The van der Waals surface area contributed by atoms with Gasteiger partial charge in [-0.05, 0) is 61.9 Å². The van der Waals surface area contributed by atoms with Crippen LogP contribution in [0.15, 0.2) is 72.3 Å². The second-order valence-electron chi connectivity index (χ2n) is 7.58. The second kappa shape index (κ2) is 8.86. The van der Waals surface area contributed by atoms with Crippen LogP contribution in [-0.2, 0) is 9.59 Å². The monoisotopic (exact) mass is 449 g/mol. The zero-order valence-electron chi connectivity index (χ0n) is 18.0. The van der Waals surface area contributed by atoms with Crippen molar-refractivity contribution in [2.45, 2.75) is 19.9 Å². The fourth-order valence-corrected chi connectivity index (χ4v) is 3.99. The van der Waals surface area contributed by atoms with Gasteiger partial charge in [0.1, 0.15) is 23.1 Å². The molecule has 1 unspecified atom stereocenters. The normalized spacial score (nSPS) is 17.5. The third-order valence-electron chi connectivity index (χ3n) is 5.48. The molecule has 1 saturated heterocycles. The molecular formula is C26H21F2NO4. The molecule has 5 nitrogen and oxygen atoms in total. The summed E-state index contributed by atoms with van der Waals surface area (Å²) < 4.78 is 34.3. The first-order chi connectivity index (χ1) is 15.8. The Labute approximate surface area is 189 Å². The molecule has 1 heterocycles. The summed E-state index contributed by atoms with van der Waals surface area (Å²) in [7, 11) is 0. The molecule has 1 N–H and O–H groups in total. The van der Waals surface area contributed by atoms with Crippen molar-refractivity contribution in [1.82, 2.24) is 0 Å². The molecule has 0 radical (unpaired) electrons. The van der Waals surface area contributed by atoms with Gasteiger partial charge in [0.25, 0.3) is 11.7 Å². The van der Waals surface area contributed by atoms with Gasteiger partial charge < -0.3 is 9.84 Å². The molecule has 1 aliphatic rings. The van der Waals surface area contributed by atoms with E-state index >= 15 is 0 Å². The number of Topliss-reactive ketones (excluding diaryl/α,β-unsaturated/α-hetero) is 1. The van der Waals surface area contributed by atoms with Crippen molar-refractivity contribution in [3.05, 3.63) is 101 Å². The summed E-state index contributed by atoms with van der Waals surface area (Å²) in [4.78, 5) is 27.1. The third-order valence-corrected chi connectivity index (χ3v) is 5.48. The van der Waals surface area contributed by atoms with Crippen LogP contribution in [-0.4, -0.2) is 23.4 Å². The number of halogens is 2. The Morgan fingerprint density at radius 2 is 1.79 bits per heavy atom. The van der Waals surface area contributed by atoms with Crippen molar-refractivity contribution in [2.24, 2.45) is 0 Å². The predicted octanol–water partition coefficient (Wildman–Crippen LogP) is 5.30. The molecule has 0 spiro atoms. The molecule has 0 saturated carbocycles. The smallest absolute Gasteiger partial charge is 0.300 e. The lowest BCUT2D eigenvalue weighted by molar-refractivity contribution is -0.132. The summed E-state index contributed by atoms with van der Waals surface area (Å²) in [5, 5.41) is 11.1. The summed E-state index contributed by atoms with van der Waals surface area (Å²) in [5.41, 5.74) is 0.785. The molecule has 168 valence electrons. The maximum Gasteiger partial charge on any atom is 0.300 e. The van der Waals surface area contributed by atoms with Crippen LogP contribution in [0.5, 0.6) is 5.75 Å². The lowest BCUT2D eigenvalue weighted by Gasteiger charge is -2.25. The van der Waals surface area contributed by atoms with Gasteiger partial charge in [0.05, 0.1) is 18.2 Å². The van der Waals surface area contributed by atoms with Gasteiger partial charge in [0.2, 0.25) is 0 Å². The van der Waals surface area contributed by atoms with E-state index in [4.69, 9.17) is 4.74 Å². The Morgan fingerprint density at radius 1 is 1.03 bits per heavy atom. The number of carbonyl (C=O) groups is 2. The van der Waals surface area contributed by atoms with Gasteiger partial charge in [-0.2, -0.15) is 0 Å². The number of aryl methyl sites for hydroxylation is 1. The van der Waals surface area contributed by atoms with E-state index in [0.717, 1.165) is 11.0 Å². The Bertz CT molecular complexity index is 1280. The van der Waals surface area contributed by atoms with Crippen LogP contribution in [0.25, 0.3) is 5.76 Å². The van der Waals surface area contributed by atoms with E-state index in [1.165, 1.54) is 36.4 Å². The number of ether oxygens (including phenoxy) is 1. The van der Waals surface area contributed by atoms with Crippen molar-refractivity contribution in [2.75, 3.05) is 11.5 Å². The van der Waals surface area contributed by atoms with E-state index < -0.39 is 35.1 Å². The van der Waals surface area contributed by atoms with Gasteiger partial charge in [-0.15, -0.1) is 0 Å². The third kappa shape index (κ3) is 3.98. The highest BCUT2D eigenvalue weighted by Gasteiger charge is 2.47. The Morgan fingerprint density at radius 3 is 2.45 bits per heavy atom. The molecule has 0 aliphatic carbocycles. The average molecular weight is 449 g/mol. The SMILES string of the molecule is CCOc1ccc(/C(O)=C2\C(=O)C(=O)N(c3cccc(F)c3)C2c2ccccc2F)cc1C. The van der Waals surface area contributed by atoms with E-state index in [1.807, 2.05) is 6.92 Å². The summed E-state index contributed by atoms with van der Waals surface area (Å²) in [6.07, 6.45) is 0. The molecule has 1 aliphatic heterocycles. The molecule has 0 bridgehead atoms. The van der Waals surface area contributed by atoms with E-state index in [0.29, 0.717) is 17.9 Å². The molecule has 3 aromatic rings. The topological polar surface area (TPSA) is 66.8 Å². The number of benzene rings is 3. The van der Waals surface area contributed by atoms with Crippen molar-refractivity contribution in [1.29, 1.82) is 0 Å². The van der Waals surface area contributed by atoms with Crippen LogP contribution < -0.4 is 9.64 Å². The highest BCUT2D eigenvalue weighted by Crippen LogP contribution is 2.43. The first-order valence-corrected chi connectivity index (χ1v) is 10.4. The molecule has 0 aromatic heterocycles. The molecule has 1 fully saturated rings.